The van der Waals surface area contributed by atoms with E-state index in [0.29, 0.717) is 11.5 Å². The van der Waals surface area contributed by atoms with Crippen LogP contribution in [-0.4, -0.2) is 6.04 Å². The van der Waals surface area contributed by atoms with Crippen molar-refractivity contribution in [2.75, 3.05) is 0 Å². The van der Waals surface area contributed by atoms with Crippen LogP contribution in [0.5, 0.6) is 0 Å². The Kier molecular flexibility index (Phi) is 2.39. The summed E-state index contributed by atoms with van der Waals surface area (Å²) in [6.07, 6.45) is 8.50. The van der Waals surface area contributed by atoms with Gasteiger partial charge >= 0.3 is 0 Å². The molecule has 13 heavy (non-hydrogen) atoms. The minimum Gasteiger partial charge on any atom is -0.327 e. The van der Waals surface area contributed by atoms with Crippen LogP contribution in [0.25, 0.3) is 0 Å². The Bertz CT molecular complexity index is 186. The Morgan fingerprint density at radius 1 is 1.08 bits per heavy atom. The fourth-order valence-corrected chi connectivity index (χ4v) is 3.37. The van der Waals surface area contributed by atoms with Gasteiger partial charge in [0.1, 0.15) is 0 Å². The molecule has 1 nitrogen and oxygen atoms in total. The summed E-state index contributed by atoms with van der Waals surface area (Å²) in [4.78, 5) is 0. The Morgan fingerprint density at radius 2 is 1.77 bits per heavy atom. The molecule has 0 amide bonds. The Labute approximate surface area is 82.1 Å². The fraction of sp³-hybridized carbons (Fsp3) is 1.00. The molecule has 2 saturated carbocycles. The molecule has 3 atom stereocenters. The van der Waals surface area contributed by atoms with Crippen molar-refractivity contribution in [1.29, 1.82) is 0 Å². The van der Waals surface area contributed by atoms with E-state index in [-0.39, 0.29) is 0 Å². The number of hydrogen-bond donors (Lipinski definition) is 1. The Balaban J connectivity index is 2.10. The molecule has 0 aromatic rings. The van der Waals surface area contributed by atoms with E-state index in [1.165, 1.54) is 38.5 Å². The first kappa shape index (κ1) is 9.51. The minimum absolute atomic E-state index is 0.401. The maximum atomic E-state index is 6.37. The van der Waals surface area contributed by atoms with E-state index in [9.17, 15) is 0 Å². The van der Waals surface area contributed by atoms with Crippen LogP contribution in [0.3, 0.4) is 0 Å². The van der Waals surface area contributed by atoms with E-state index in [1.807, 2.05) is 0 Å². The molecule has 2 fully saturated rings. The van der Waals surface area contributed by atoms with Crippen molar-refractivity contribution in [2.24, 2.45) is 23.0 Å². The van der Waals surface area contributed by atoms with E-state index < -0.39 is 0 Å². The second-order valence-corrected chi connectivity index (χ2v) is 5.76. The van der Waals surface area contributed by atoms with Gasteiger partial charge in [-0.05, 0) is 36.5 Å². The van der Waals surface area contributed by atoms with E-state index in [1.54, 1.807) is 0 Å². The highest BCUT2D eigenvalue weighted by molar-refractivity contribution is 4.96. The zero-order valence-electron chi connectivity index (χ0n) is 9.05. The van der Waals surface area contributed by atoms with E-state index >= 15 is 0 Å². The van der Waals surface area contributed by atoms with Crippen molar-refractivity contribution in [2.45, 2.75) is 58.4 Å². The summed E-state index contributed by atoms with van der Waals surface area (Å²) >= 11 is 0. The summed E-state index contributed by atoms with van der Waals surface area (Å²) in [5, 5.41) is 0. The van der Waals surface area contributed by atoms with Gasteiger partial charge in [0.2, 0.25) is 0 Å². The molecule has 0 aliphatic heterocycles. The first-order chi connectivity index (χ1) is 6.11. The summed E-state index contributed by atoms with van der Waals surface area (Å²) in [6, 6.07) is 0.464. The van der Waals surface area contributed by atoms with Gasteiger partial charge in [0.15, 0.2) is 0 Å². The van der Waals surface area contributed by atoms with E-state index in [0.717, 1.165) is 11.8 Å². The van der Waals surface area contributed by atoms with Gasteiger partial charge in [-0.25, -0.2) is 0 Å². The number of hydrogen-bond acceptors (Lipinski definition) is 1. The number of nitrogens with two attached hydrogens (primary N) is 1. The topological polar surface area (TPSA) is 26.0 Å². The maximum Gasteiger partial charge on any atom is 0.0121 e. The van der Waals surface area contributed by atoms with Crippen LogP contribution in [0.1, 0.15) is 52.4 Å². The van der Waals surface area contributed by atoms with Gasteiger partial charge in [-0.3, -0.25) is 0 Å². The Hall–Kier alpha value is -0.0400. The third-order valence-electron chi connectivity index (χ3n) is 4.49. The SMILES string of the molecule is CC1(C)CCC2CCCCC2C1N. The average Bonchev–Trinajstić information content (AvgIpc) is 2.13. The third kappa shape index (κ3) is 1.63. The van der Waals surface area contributed by atoms with E-state index in [2.05, 4.69) is 13.8 Å². The second-order valence-electron chi connectivity index (χ2n) is 5.76. The lowest BCUT2D eigenvalue weighted by Gasteiger charge is -2.48. The van der Waals surface area contributed by atoms with E-state index in [4.69, 9.17) is 5.73 Å². The van der Waals surface area contributed by atoms with Crippen LogP contribution in [0.15, 0.2) is 0 Å². The molecule has 0 saturated heterocycles. The van der Waals surface area contributed by atoms with Crippen LogP contribution >= 0.6 is 0 Å². The molecule has 0 bridgehead atoms. The lowest BCUT2D eigenvalue weighted by atomic mass is 9.60. The predicted octanol–water partition coefficient (Wildman–Crippen LogP) is 2.94. The van der Waals surface area contributed by atoms with Crippen LogP contribution in [0.4, 0.5) is 0 Å². The molecule has 76 valence electrons. The third-order valence-corrected chi connectivity index (χ3v) is 4.49. The summed E-state index contributed by atoms with van der Waals surface area (Å²) in [7, 11) is 0. The molecular weight excluding hydrogens is 158 g/mol. The van der Waals surface area contributed by atoms with Crippen LogP contribution < -0.4 is 5.73 Å². The smallest absolute Gasteiger partial charge is 0.0121 e. The van der Waals surface area contributed by atoms with Gasteiger partial charge in [0.25, 0.3) is 0 Å². The normalized spacial score (nSPS) is 44.1. The van der Waals surface area contributed by atoms with Gasteiger partial charge in [-0.15, -0.1) is 0 Å². The van der Waals surface area contributed by atoms with Crippen LogP contribution in [0.2, 0.25) is 0 Å². The molecule has 2 aliphatic carbocycles. The first-order valence-electron chi connectivity index (χ1n) is 5.87. The zero-order valence-corrected chi connectivity index (χ0v) is 9.05. The molecule has 1 heteroatoms. The zero-order chi connectivity index (χ0) is 9.47. The van der Waals surface area contributed by atoms with Gasteiger partial charge in [0.05, 0.1) is 0 Å². The summed E-state index contributed by atoms with van der Waals surface area (Å²) < 4.78 is 0. The monoisotopic (exact) mass is 181 g/mol. The largest absolute Gasteiger partial charge is 0.327 e. The molecular formula is C12H23N. The van der Waals surface area contributed by atoms with Gasteiger partial charge in [-0.2, -0.15) is 0 Å². The second kappa shape index (κ2) is 3.27. The van der Waals surface area contributed by atoms with Crippen LogP contribution in [0, 0.1) is 17.3 Å². The number of rotatable bonds is 0. The van der Waals surface area contributed by atoms with Crippen molar-refractivity contribution in [3.8, 4) is 0 Å². The minimum atomic E-state index is 0.401. The van der Waals surface area contributed by atoms with Gasteiger partial charge < -0.3 is 5.73 Å². The highest BCUT2D eigenvalue weighted by atomic mass is 14.7. The molecule has 0 aromatic carbocycles. The molecule has 0 aromatic heterocycles. The van der Waals surface area contributed by atoms with Crippen molar-refractivity contribution in [3.63, 3.8) is 0 Å². The highest BCUT2D eigenvalue weighted by Gasteiger charge is 2.42. The van der Waals surface area contributed by atoms with Crippen molar-refractivity contribution >= 4 is 0 Å². The molecule has 2 aliphatic rings. The average molecular weight is 181 g/mol. The van der Waals surface area contributed by atoms with Crippen LogP contribution in [-0.2, 0) is 0 Å². The first-order valence-corrected chi connectivity index (χ1v) is 5.87. The molecule has 0 heterocycles. The van der Waals surface area contributed by atoms with Crippen molar-refractivity contribution < 1.29 is 0 Å². The predicted molar refractivity (Wildman–Crippen MR) is 56.4 cm³/mol. The number of fused-ring (bicyclic) bond motifs is 1. The Morgan fingerprint density at radius 3 is 2.54 bits per heavy atom. The lowest BCUT2D eigenvalue weighted by Crippen LogP contribution is -2.50. The quantitative estimate of drug-likeness (QED) is 0.611. The van der Waals surface area contributed by atoms with Crippen molar-refractivity contribution in [1.82, 2.24) is 0 Å². The standard InChI is InChI=1S/C12H23N/c1-12(2)8-7-9-5-3-4-6-10(9)11(12)13/h9-11H,3-8,13H2,1-2H3. The highest BCUT2D eigenvalue weighted by Crippen LogP contribution is 2.46. The lowest BCUT2D eigenvalue weighted by molar-refractivity contribution is 0.0544. The molecule has 0 radical (unpaired) electrons. The maximum absolute atomic E-state index is 6.37. The summed E-state index contributed by atoms with van der Waals surface area (Å²) in [5.41, 5.74) is 6.77. The molecule has 0 spiro atoms. The molecule has 2 N–H and O–H groups in total. The molecule has 2 rings (SSSR count). The summed E-state index contributed by atoms with van der Waals surface area (Å²) in [6.45, 7) is 4.70. The molecule has 3 unspecified atom stereocenters. The summed E-state index contributed by atoms with van der Waals surface area (Å²) in [5.74, 6) is 1.81. The van der Waals surface area contributed by atoms with Crippen molar-refractivity contribution in [3.05, 3.63) is 0 Å². The van der Waals surface area contributed by atoms with Gasteiger partial charge in [0, 0.05) is 6.04 Å². The fourth-order valence-electron chi connectivity index (χ4n) is 3.37. The van der Waals surface area contributed by atoms with Gasteiger partial charge in [-0.1, -0.05) is 33.1 Å².